The van der Waals surface area contributed by atoms with Crippen LogP contribution in [0.1, 0.15) is 31.0 Å². The number of nitrogens with zero attached hydrogens (tertiary/aromatic N) is 5. The van der Waals surface area contributed by atoms with E-state index in [4.69, 9.17) is 0 Å². The van der Waals surface area contributed by atoms with E-state index in [0.717, 1.165) is 46.8 Å². The van der Waals surface area contributed by atoms with Gasteiger partial charge in [0.25, 0.3) is 0 Å². The molecule has 9 heteroatoms. The van der Waals surface area contributed by atoms with Crippen LogP contribution in [-0.2, 0) is 22.8 Å². The van der Waals surface area contributed by atoms with Crippen molar-refractivity contribution in [3.63, 3.8) is 0 Å². The zero-order valence-corrected chi connectivity index (χ0v) is 18.1. The van der Waals surface area contributed by atoms with E-state index in [1.165, 1.54) is 6.26 Å². The second-order valence-electron chi connectivity index (χ2n) is 8.39. The molecule has 1 unspecified atom stereocenters. The van der Waals surface area contributed by atoms with Gasteiger partial charge in [-0.15, -0.1) is 0 Å². The average Bonchev–Trinajstić information content (AvgIpc) is 3.21. The van der Waals surface area contributed by atoms with Crippen LogP contribution in [0.25, 0.3) is 11.0 Å². The lowest BCUT2D eigenvalue weighted by molar-refractivity contribution is 0.527. The highest BCUT2D eigenvalue weighted by atomic mass is 32.2. The first kappa shape index (κ1) is 19.3. The SMILES string of the molecule is CC1Cc2ncnc(N3CCC(S(C)(=O)=O)CC3)c2CN1c1ccnc2[nH]ccc12. The summed E-state index contributed by atoms with van der Waals surface area (Å²) in [5.41, 5.74) is 4.28. The van der Waals surface area contributed by atoms with Crippen molar-refractivity contribution in [2.75, 3.05) is 29.1 Å². The van der Waals surface area contributed by atoms with Gasteiger partial charge in [0.15, 0.2) is 0 Å². The fourth-order valence-electron chi connectivity index (χ4n) is 4.78. The monoisotopic (exact) mass is 426 g/mol. The Balaban J connectivity index is 1.47. The van der Waals surface area contributed by atoms with Gasteiger partial charge < -0.3 is 14.8 Å². The predicted octanol–water partition coefficient (Wildman–Crippen LogP) is 2.32. The van der Waals surface area contributed by atoms with Gasteiger partial charge in [0, 0.05) is 67.4 Å². The number of fused-ring (bicyclic) bond motifs is 2. The number of rotatable bonds is 3. The fraction of sp³-hybridized carbons (Fsp3) is 0.476. The number of hydrogen-bond donors (Lipinski definition) is 1. The summed E-state index contributed by atoms with van der Waals surface area (Å²) in [6, 6.07) is 4.44. The van der Waals surface area contributed by atoms with Crippen LogP contribution in [-0.4, -0.2) is 59.0 Å². The highest BCUT2D eigenvalue weighted by molar-refractivity contribution is 7.91. The van der Waals surface area contributed by atoms with Gasteiger partial charge in [-0.1, -0.05) is 0 Å². The molecule has 1 saturated heterocycles. The van der Waals surface area contributed by atoms with Crippen molar-refractivity contribution < 1.29 is 8.42 Å². The second kappa shape index (κ2) is 7.23. The Labute approximate surface area is 176 Å². The second-order valence-corrected chi connectivity index (χ2v) is 10.7. The van der Waals surface area contributed by atoms with Gasteiger partial charge in [0.05, 0.1) is 10.9 Å². The van der Waals surface area contributed by atoms with Gasteiger partial charge in [-0.05, 0) is 31.9 Å². The quantitative estimate of drug-likeness (QED) is 0.687. The molecule has 5 heterocycles. The van der Waals surface area contributed by atoms with Crippen LogP contribution in [0.3, 0.4) is 0 Å². The minimum Gasteiger partial charge on any atom is -0.363 e. The topological polar surface area (TPSA) is 95.1 Å². The first-order valence-electron chi connectivity index (χ1n) is 10.4. The van der Waals surface area contributed by atoms with E-state index in [-0.39, 0.29) is 5.25 Å². The molecule has 1 atom stereocenters. The maximum Gasteiger partial charge on any atom is 0.150 e. The van der Waals surface area contributed by atoms with Gasteiger partial charge in [-0.25, -0.2) is 23.4 Å². The summed E-state index contributed by atoms with van der Waals surface area (Å²) in [7, 11) is -2.99. The van der Waals surface area contributed by atoms with E-state index in [1.54, 1.807) is 6.33 Å². The molecule has 1 fully saturated rings. The van der Waals surface area contributed by atoms with Crippen molar-refractivity contribution in [1.82, 2.24) is 19.9 Å². The molecule has 158 valence electrons. The minimum absolute atomic E-state index is 0.248. The van der Waals surface area contributed by atoms with Crippen LogP contribution in [0.4, 0.5) is 11.5 Å². The van der Waals surface area contributed by atoms with Crippen LogP contribution in [0.5, 0.6) is 0 Å². The Morgan fingerprint density at radius 2 is 1.93 bits per heavy atom. The number of H-pyrrole nitrogens is 1. The summed E-state index contributed by atoms with van der Waals surface area (Å²) >= 11 is 0. The van der Waals surface area contributed by atoms with E-state index in [1.807, 2.05) is 12.4 Å². The zero-order valence-electron chi connectivity index (χ0n) is 17.2. The number of aromatic amines is 1. The molecule has 0 radical (unpaired) electrons. The van der Waals surface area contributed by atoms with Crippen molar-refractivity contribution in [1.29, 1.82) is 0 Å². The van der Waals surface area contributed by atoms with E-state index < -0.39 is 9.84 Å². The standard InChI is InChI=1S/C21H26N6O2S/c1-14-11-18-17(12-27(14)19-4-8-23-20-16(19)3-7-22-20)21(25-13-24-18)26-9-5-15(6-10-26)30(2,28)29/h3-4,7-8,13-15H,5-6,9-12H2,1-2H3,(H,22,23). The maximum atomic E-state index is 11.9. The Hall–Kier alpha value is -2.68. The van der Waals surface area contributed by atoms with Crippen molar-refractivity contribution in [3.05, 3.63) is 42.1 Å². The molecule has 5 rings (SSSR count). The number of sulfone groups is 1. The van der Waals surface area contributed by atoms with Gasteiger partial charge in [0.1, 0.15) is 27.6 Å². The summed E-state index contributed by atoms with van der Waals surface area (Å²) in [6.45, 7) is 4.35. The molecule has 0 aliphatic carbocycles. The molecule has 0 bridgehead atoms. The summed E-state index contributed by atoms with van der Waals surface area (Å²) in [5.74, 6) is 0.947. The smallest absolute Gasteiger partial charge is 0.150 e. The lowest BCUT2D eigenvalue weighted by atomic mass is 9.98. The Morgan fingerprint density at radius 3 is 2.70 bits per heavy atom. The molecule has 3 aromatic rings. The average molecular weight is 427 g/mol. The zero-order chi connectivity index (χ0) is 20.9. The number of anilines is 2. The first-order chi connectivity index (χ1) is 14.4. The summed E-state index contributed by atoms with van der Waals surface area (Å²) < 4.78 is 23.8. The molecule has 0 amide bonds. The fourth-order valence-corrected chi connectivity index (χ4v) is 5.85. The molecule has 3 aromatic heterocycles. The van der Waals surface area contributed by atoms with Crippen LogP contribution in [0, 0.1) is 0 Å². The lowest BCUT2D eigenvalue weighted by Gasteiger charge is -2.39. The third kappa shape index (κ3) is 3.30. The van der Waals surface area contributed by atoms with E-state index in [0.29, 0.717) is 32.0 Å². The molecule has 0 saturated carbocycles. The van der Waals surface area contributed by atoms with Crippen LogP contribution in [0.15, 0.2) is 30.9 Å². The number of aromatic nitrogens is 4. The normalized spacial score (nSPS) is 20.5. The number of nitrogens with one attached hydrogen (secondary N) is 1. The van der Waals surface area contributed by atoms with Crippen LogP contribution in [0.2, 0.25) is 0 Å². The molecule has 0 spiro atoms. The Kier molecular flexibility index (Phi) is 4.65. The van der Waals surface area contributed by atoms with Gasteiger partial charge in [-0.3, -0.25) is 0 Å². The number of pyridine rings is 1. The molecular formula is C21H26N6O2S. The minimum atomic E-state index is -2.99. The Bertz CT molecular complexity index is 1180. The maximum absolute atomic E-state index is 11.9. The molecule has 0 aromatic carbocycles. The number of hydrogen-bond acceptors (Lipinski definition) is 7. The van der Waals surface area contributed by atoms with E-state index in [9.17, 15) is 8.42 Å². The third-order valence-corrected chi connectivity index (χ3v) is 8.14. The molecular weight excluding hydrogens is 400 g/mol. The highest BCUT2D eigenvalue weighted by Crippen LogP contribution is 2.35. The molecule has 2 aliphatic heterocycles. The molecule has 2 aliphatic rings. The summed E-state index contributed by atoms with van der Waals surface area (Å²) in [6.07, 6.45) is 8.89. The van der Waals surface area contributed by atoms with Crippen LogP contribution >= 0.6 is 0 Å². The van der Waals surface area contributed by atoms with Crippen molar-refractivity contribution in [2.45, 2.75) is 44.0 Å². The van der Waals surface area contributed by atoms with Gasteiger partial charge >= 0.3 is 0 Å². The summed E-state index contributed by atoms with van der Waals surface area (Å²) in [4.78, 5) is 21.5. The molecule has 1 N–H and O–H groups in total. The van der Waals surface area contributed by atoms with Crippen molar-refractivity contribution in [3.8, 4) is 0 Å². The van der Waals surface area contributed by atoms with Gasteiger partial charge in [-0.2, -0.15) is 0 Å². The van der Waals surface area contributed by atoms with E-state index >= 15 is 0 Å². The third-order valence-electron chi connectivity index (χ3n) is 6.45. The van der Waals surface area contributed by atoms with E-state index in [2.05, 4.69) is 48.8 Å². The summed E-state index contributed by atoms with van der Waals surface area (Å²) in [5, 5.41) is 0.863. The van der Waals surface area contributed by atoms with Crippen molar-refractivity contribution >= 4 is 32.4 Å². The van der Waals surface area contributed by atoms with Crippen molar-refractivity contribution in [2.24, 2.45) is 0 Å². The first-order valence-corrected chi connectivity index (χ1v) is 12.3. The Morgan fingerprint density at radius 1 is 1.13 bits per heavy atom. The van der Waals surface area contributed by atoms with Gasteiger partial charge in [0.2, 0.25) is 0 Å². The highest BCUT2D eigenvalue weighted by Gasteiger charge is 2.32. The predicted molar refractivity (Wildman–Crippen MR) is 118 cm³/mol. The molecule has 8 nitrogen and oxygen atoms in total. The number of piperidine rings is 1. The van der Waals surface area contributed by atoms with Crippen LogP contribution < -0.4 is 9.80 Å². The molecule has 30 heavy (non-hydrogen) atoms. The largest absolute Gasteiger partial charge is 0.363 e. The lowest BCUT2D eigenvalue weighted by Crippen LogP contribution is -2.43.